The van der Waals surface area contributed by atoms with Crippen molar-refractivity contribution in [2.24, 2.45) is 0 Å². The van der Waals surface area contributed by atoms with Gasteiger partial charge in [-0.3, -0.25) is 0 Å². The van der Waals surface area contributed by atoms with Crippen LogP contribution in [0.1, 0.15) is 20.8 Å². The molecule has 0 aromatic rings. The summed E-state index contributed by atoms with van der Waals surface area (Å²) in [6, 6.07) is -0.442. The maximum Gasteiger partial charge on any atom is 0.327 e. The average molecular weight is 201 g/mol. The van der Waals surface area contributed by atoms with Gasteiger partial charge in [0, 0.05) is 17.5 Å². The van der Waals surface area contributed by atoms with E-state index in [4.69, 9.17) is 5.11 Å². The number of aliphatic carboxylic acids is 1. The number of hydrogen-bond donors (Lipinski definition) is 1. The van der Waals surface area contributed by atoms with E-state index in [1.54, 1.807) is 11.8 Å². The molecule has 0 saturated carbocycles. The molecule has 0 aromatic carbocycles. The highest BCUT2D eigenvalue weighted by atomic mass is 32.2. The molecule has 0 fully saturated rings. The summed E-state index contributed by atoms with van der Waals surface area (Å²) in [4.78, 5) is 12.9. The number of hydrogen-bond acceptors (Lipinski definition) is 3. The third-order valence-electron chi connectivity index (χ3n) is 2.37. The van der Waals surface area contributed by atoms with Crippen LogP contribution in [0.3, 0.4) is 0 Å². The normalized spacial score (nSPS) is 26.9. The van der Waals surface area contributed by atoms with Crippen LogP contribution in [0.4, 0.5) is 0 Å². The molecule has 1 aliphatic heterocycles. The second kappa shape index (κ2) is 3.25. The predicted octanol–water partition coefficient (Wildman–Crippen LogP) is 1.76. The molecule has 1 aliphatic rings. The Kier molecular flexibility index (Phi) is 2.61. The van der Waals surface area contributed by atoms with Crippen molar-refractivity contribution >= 4 is 17.7 Å². The van der Waals surface area contributed by atoms with E-state index in [-0.39, 0.29) is 4.75 Å². The van der Waals surface area contributed by atoms with Gasteiger partial charge in [0.25, 0.3) is 0 Å². The smallest absolute Gasteiger partial charge is 0.327 e. The fraction of sp³-hybridized carbons (Fsp3) is 0.667. The van der Waals surface area contributed by atoms with E-state index in [1.807, 2.05) is 38.1 Å². The second-order valence-electron chi connectivity index (χ2n) is 3.83. The summed E-state index contributed by atoms with van der Waals surface area (Å²) >= 11 is 1.58. The Morgan fingerprint density at radius 2 is 2.23 bits per heavy atom. The zero-order chi connectivity index (χ0) is 10.2. The van der Waals surface area contributed by atoms with Gasteiger partial charge in [-0.2, -0.15) is 0 Å². The molecule has 74 valence electrons. The summed E-state index contributed by atoms with van der Waals surface area (Å²) < 4.78 is -0.264. The van der Waals surface area contributed by atoms with Gasteiger partial charge in [0.05, 0.1) is 0 Å². The molecular weight excluding hydrogens is 186 g/mol. The third kappa shape index (κ3) is 1.82. The van der Waals surface area contributed by atoms with Gasteiger partial charge >= 0.3 is 5.97 Å². The minimum atomic E-state index is -0.757. The molecule has 0 radical (unpaired) electrons. The van der Waals surface area contributed by atoms with Crippen molar-refractivity contribution in [1.29, 1.82) is 0 Å². The average Bonchev–Trinajstić information content (AvgIpc) is 1.96. The SMILES string of the molecule is CC1=CSC(C)(C)C(C(=O)O)N1C. The molecule has 3 nitrogen and oxygen atoms in total. The van der Waals surface area contributed by atoms with Crippen molar-refractivity contribution in [3.05, 3.63) is 11.1 Å². The Hall–Kier alpha value is -0.640. The number of nitrogens with zero attached hydrogens (tertiary/aromatic N) is 1. The third-order valence-corrected chi connectivity index (χ3v) is 3.66. The number of carboxylic acid groups (broad SMARTS) is 1. The van der Waals surface area contributed by atoms with Crippen LogP contribution < -0.4 is 0 Å². The number of thioether (sulfide) groups is 1. The molecule has 0 aliphatic carbocycles. The lowest BCUT2D eigenvalue weighted by molar-refractivity contribution is -0.143. The van der Waals surface area contributed by atoms with Gasteiger partial charge in [-0.1, -0.05) is 0 Å². The minimum absolute atomic E-state index is 0.264. The van der Waals surface area contributed by atoms with Crippen LogP contribution in [0.5, 0.6) is 0 Å². The number of carboxylic acids is 1. The van der Waals surface area contributed by atoms with Crippen molar-refractivity contribution in [1.82, 2.24) is 4.90 Å². The van der Waals surface area contributed by atoms with E-state index >= 15 is 0 Å². The van der Waals surface area contributed by atoms with Crippen molar-refractivity contribution in [2.45, 2.75) is 31.6 Å². The molecule has 1 unspecified atom stereocenters. The highest BCUT2D eigenvalue weighted by Crippen LogP contribution is 2.38. The summed E-state index contributed by atoms with van der Waals surface area (Å²) in [5.41, 5.74) is 1.01. The van der Waals surface area contributed by atoms with E-state index in [2.05, 4.69) is 0 Å². The summed E-state index contributed by atoms with van der Waals surface area (Å²) in [5, 5.41) is 11.1. The lowest BCUT2D eigenvalue weighted by Crippen LogP contribution is -2.51. The molecule has 0 saturated heterocycles. The molecule has 1 heterocycles. The largest absolute Gasteiger partial charge is 0.480 e. The molecule has 1 rings (SSSR count). The second-order valence-corrected chi connectivity index (χ2v) is 5.36. The van der Waals surface area contributed by atoms with Crippen LogP contribution in [-0.2, 0) is 4.79 Å². The lowest BCUT2D eigenvalue weighted by atomic mass is 10.0. The maximum atomic E-state index is 11.0. The van der Waals surface area contributed by atoms with Crippen molar-refractivity contribution < 1.29 is 9.90 Å². The standard InChI is InChI=1S/C9H15NO2S/c1-6-5-13-9(2,3)7(8(11)12)10(6)4/h5,7H,1-4H3,(H,11,12). The Morgan fingerprint density at radius 3 is 2.62 bits per heavy atom. The van der Waals surface area contributed by atoms with Crippen LogP contribution in [-0.4, -0.2) is 33.8 Å². The van der Waals surface area contributed by atoms with Crippen molar-refractivity contribution in [2.75, 3.05) is 7.05 Å². The van der Waals surface area contributed by atoms with Crippen LogP contribution in [0, 0.1) is 0 Å². The van der Waals surface area contributed by atoms with Crippen LogP contribution >= 0.6 is 11.8 Å². The fourth-order valence-corrected chi connectivity index (χ4v) is 2.55. The highest BCUT2D eigenvalue weighted by Gasteiger charge is 2.41. The minimum Gasteiger partial charge on any atom is -0.480 e. The van der Waals surface area contributed by atoms with Gasteiger partial charge in [0.2, 0.25) is 0 Å². The van der Waals surface area contributed by atoms with Crippen LogP contribution in [0.15, 0.2) is 11.1 Å². The molecule has 0 bridgehead atoms. The first-order valence-corrected chi connectivity index (χ1v) is 5.04. The van der Waals surface area contributed by atoms with Gasteiger partial charge in [-0.05, 0) is 26.2 Å². The highest BCUT2D eigenvalue weighted by molar-refractivity contribution is 8.03. The monoisotopic (exact) mass is 201 g/mol. The van der Waals surface area contributed by atoms with Crippen LogP contribution in [0.2, 0.25) is 0 Å². The summed E-state index contributed by atoms with van der Waals surface area (Å²) in [5.74, 6) is -0.757. The summed E-state index contributed by atoms with van der Waals surface area (Å²) in [6.07, 6.45) is 0. The first kappa shape index (κ1) is 10.4. The van der Waals surface area contributed by atoms with Gasteiger partial charge < -0.3 is 10.0 Å². The van der Waals surface area contributed by atoms with E-state index in [9.17, 15) is 4.79 Å². The predicted molar refractivity (Wildman–Crippen MR) is 54.6 cm³/mol. The van der Waals surface area contributed by atoms with Crippen molar-refractivity contribution in [3.63, 3.8) is 0 Å². The Balaban J connectivity index is 3.02. The van der Waals surface area contributed by atoms with Crippen molar-refractivity contribution in [3.8, 4) is 0 Å². The number of likely N-dealkylation sites (N-methyl/N-ethyl adjacent to an activating group) is 1. The molecule has 0 aromatic heterocycles. The van der Waals surface area contributed by atoms with E-state index in [1.165, 1.54) is 0 Å². The number of allylic oxidation sites excluding steroid dienone is 1. The zero-order valence-electron chi connectivity index (χ0n) is 8.37. The Morgan fingerprint density at radius 1 is 1.69 bits per heavy atom. The number of rotatable bonds is 1. The Bertz CT molecular complexity index is 260. The lowest BCUT2D eigenvalue weighted by Gasteiger charge is -2.41. The first-order valence-electron chi connectivity index (χ1n) is 4.16. The molecule has 1 N–H and O–H groups in total. The molecule has 0 spiro atoms. The van der Waals surface area contributed by atoms with E-state index in [0.29, 0.717) is 0 Å². The first-order chi connectivity index (χ1) is 5.86. The zero-order valence-corrected chi connectivity index (χ0v) is 9.18. The van der Waals surface area contributed by atoms with E-state index < -0.39 is 12.0 Å². The van der Waals surface area contributed by atoms with Gasteiger partial charge in [-0.15, -0.1) is 11.8 Å². The van der Waals surface area contributed by atoms with Gasteiger partial charge in [-0.25, -0.2) is 4.79 Å². The molecule has 13 heavy (non-hydrogen) atoms. The quantitative estimate of drug-likeness (QED) is 0.701. The molecule has 1 atom stereocenters. The fourth-order valence-electron chi connectivity index (χ4n) is 1.52. The molecule has 4 heteroatoms. The van der Waals surface area contributed by atoms with Gasteiger partial charge in [0.15, 0.2) is 0 Å². The van der Waals surface area contributed by atoms with Crippen LogP contribution in [0.25, 0.3) is 0 Å². The topological polar surface area (TPSA) is 40.5 Å². The molecular formula is C9H15NO2S. The van der Waals surface area contributed by atoms with E-state index in [0.717, 1.165) is 5.70 Å². The number of carbonyl (C=O) groups is 1. The Labute approximate surface area is 82.8 Å². The molecule has 0 amide bonds. The maximum absolute atomic E-state index is 11.0. The summed E-state index contributed by atoms with van der Waals surface area (Å²) in [7, 11) is 1.83. The summed E-state index contributed by atoms with van der Waals surface area (Å²) in [6.45, 7) is 5.84. The van der Waals surface area contributed by atoms with Gasteiger partial charge in [0.1, 0.15) is 6.04 Å².